The van der Waals surface area contributed by atoms with E-state index in [1.54, 1.807) is 37.4 Å². The Kier molecular flexibility index (Phi) is 10.00. The molecule has 0 saturated heterocycles. The third-order valence-electron chi connectivity index (χ3n) is 7.40. The number of hydrogen-bond donors (Lipinski definition) is 0. The van der Waals surface area contributed by atoms with Crippen molar-refractivity contribution in [2.45, 2.75) is 45.1 Å². The van der Waals surface area contributed by atoms with Crippen LogP contribution in [0, 0.1) is 0 Å². The van der Waals surface area contributed by atoms with Crippen molar-refractivity contribution in [2.24, 2.45) is 0 Å². The molecule has 0 amide bonds. The number of hydrogen-bond acceptors (Lipinski definition) is 7. The van der Waals surface area contributed by atoms with Gasteiger partial charge in [0.15, 0.2) is 0 Å². The zero-order chi connectivity index (χ0) is 30.9. The Bertz CT molecular complexity index is 1640. The van der Waals surface area contributed by atoms with E-state index in [1.165, 1.54) is 61.2 Å². The molecule has 4 aromatic carbocycles. The van der Waals surface area contributed by atoms with Crippen LogP contribution in [0.4, 0.5) is 0 Å². The molecule has 0 fully saturated rings. The van der Waals surface area contributed by atoms with Gasteiger partial charge in [-0.25, -0.2) is 14.4 Å². The molecule has 0 saturated carbocycles. The van der Waals surface area contributed by atoms with Crippen LogP contribution in [0.3, 0.4) is 0 Å². The van der Waals surface area contributed by atoms with Gasteiger partial charge >= 0.3 is 17.9 Å². The van der Waals surface area contributed by atoms with Crippen LogP contribution in [0.5, 0.6) is 17.2 Å². The summed E-state index contributed by atoms with van der Waals surface area (Å²) in [6.45, 7) is 2.19. The third kappa shape index (κ3) is 7.49. The molecule has 0 spiro atoms. The van der Waals surface area contributed by atoms with Crippen LogP contribution in [-0.4, -0.2) is 25.0 Å². The Labute approximate surface area is 257 Å². The van der Waals surface area contributed by atoms with Gasteiger partial charge in [0.1, 0.15) is 23.4 Å². The van der Waals surface area contributed by atoms with E-state index < -0.39 is 17.9 Å². The zero-order valence-electron chi connectivity index (χ0n) is 24.8. The average Bonchev–Trinajstić information content (AvgIpc) is 3.48. The molecule has 224 valence electrons. The number of rotatable bonds is 12. The van der Waals surface area contributed by atoms with Gasteiger partial charge in [0.05, 0.1) is 16.7 Å². The fourth-order valence-electron chi connectivity index (χ4n) is 4.96. The van der Waals surface area contributed by atoms with Gasteiger partial charge in [-0.05, 0) is 90.7 Å². The number of esters is 3. The zero-order valence-corrected chi connectivity index (χ0v) is 24.8. The van der Waals surface area contributed by atoms with Crippen molar-refractivity contribution in [1.29, 1.82) is 0 Å². The Hall–Kier alpha value is -5.01. The van der Waals surface area contributed by atoms with E-state index in [1.807, 2.05) is 36.4 Å². The SMILES string of the molecule is CCCCCCc1ccc(C(=O)Oc2ccc(C(=O)Oc3ccc(C(=O)Oc4cccc5c4C(OC)C=C5)cc3)cc2)cc1. The monoisotopic (exact) mass is 590 g/mol. The second kappa shape index (κ2) is 14.4. The Morgan fingerprint density at radius 1 is 0.636 bits per heavy atom. The summed E-state index contributed by atoms with van der Waals surface area (Å²) in [5.41, 5.74) is 3.98. The predicted molar refractivity (Wildman–Crippen MR) is 167 cm³/mol. The first-order chi connectivity index (χ1) is 21.4. The first kappa shape index (κ1) is 30.4. The lowest BCUT2D eigenvalue weighted by Crippen LogP contribution is -2.12. The lowest BCUT2D eigenvalue weighted by atomic mass is 10.0. The van der Waals surface area contributed by atoms with Gasteiger partial charge in [-0.3, -0.25) is 0 Å². The molecule has 0 bridgehead atoms. The van der Waals surface area contributed by atoms with Crippen LogP contribution < -0.4 is 14.2 Å². The van der Waals surface area contributed by atoms with Crippen molar-refractivity contribution in [3.63, 3.8) is 0 Å². The molecule has 0 radical (unpaired) electrons. The summed E-state index contributed by atoms with van der Waals surface area (Å²) in [6.07, 6.45) is 9.32. The van der Waals surface area contributed by atoms with E-state index in [-0.39, 0.29) is 17.4 Å². The minimum absolute atomic E-state index is 0.264. The van der Waals surface area contributed by atoms with Crippen molar-refractivity contribution in [3.8, 4) is 17.2 Å². The number of aryl methyl sites for hydroxylation is 1. The molecule has 44 heavy (non-hydrogen) atoms. The lowest BCUT2D eigenvalue weighted by Gasteiger charge is -2.14. The number of ether oxygens (including phenoxy) is 4. The molecule has 0 aromatic heterocycles. The van der Waals surface area contributed by atoms with Crippen LogP contribution in [0.15, 0.2) is 97.1 Å². The number of carbonyl (C=O) groups excluding carboxylic acids is 3. The van der Waals surface area contributed by atoms with Crippen molar-refractivity contribution >= 4 is 24.0 Å². The van der Waals surface area contributed by atoms with E-state index in [9.17, 15) is 14.4 Å². The highest BCUT2D eigenvalue weighted by Gasteiger charge is 2.23. The predicted octanol–water partition coefficient (Wildman–Crippen LogP) is 8.18. The molecule has 1 aliphatic rings. The Morgan fingerprint density at radius 2 is 1.18 bits per heavy atom. The van der Waals surface area contributed by atoms with Gasteiger partial charge < -0.3 is 18.9 Å². The molecule has 1 unspecified atom stereocenters. The van der Waals surface area contributed by atoms with Crippen LogP contribution in [0.25, 0.3) is 6.08 Å². The fraction of sp³-hybridized carbons (Fsp3) is 0.216. The third-order valence-corrected chi connectivity index (χ3v) is 7.40. The minimum Gasteiger partial charge on any atom is -0.423 e. The van der Waals surface area contributed by atoms with Gasteiger partial charge in [0.25, 0.3) is 0 Å². The van der Waals surface area contributed by atoms with E-state index in [0.717, 1.165) is 24.0 Å². The second-order valence-electron chi connectivity index (χ2n) is 10.5. The Balaban J connectivity index is 1.13. The molecular weight excluding hydrogens is 556 g/mol. The standard InChI is InChI=1S/C37H34O7/c1-3-4-5-6-8-25-11-13-27(14-12-25)35(38)42-30-20-15-28(16-21-30)36(39)43-31-22-17-29(18-23-31)37(40)44-33-10-7-9-26-19-24-32(41-2)34(26)33/h7,9-24,32H,3-6,8H2,1-2H3. The summed E-state index contributed by atoms with van der Waals surface area (Å²) in [6, 6.07) is 25.2. The highest BCUT2D eigenvalue weighted by atomic mass is 16.5. The maximum atomic E-state index is 12.8. The van der Waals surface area contributed by atoms with E-state index in [4.69, 9.17) is 18.9 Å². The van der Waals surface area contributed by atoms with Crippen LogP contribution in [0.1, 0.15) is 86.5 Å². The molecule has 4 aromatic rings. The lowest BCUT2D eigenvalue weighted by molar-refractivity contribution is 0.0719. The molecule has 1 atom stereocenters. The molecule has 0 aliphatic heterocycles. The number of unbranched alkanes of at least 4 members (excludes halogenated alkanes) is 3. The van der Waals surface area contributed by atoms with E-state index in [2.05, 4.69) is 6.92 Å². The van der Waals surface area contributed by atoms with Gasteiger partial charge in [0.2, 0.25) is 0 Å². The van der Waals surface area contributed by atoms with E-state index in [0.29, 0.717) is 22.6 Å². The first-order valence-electron chi connectivity index (χ1n) is 14.7. The highest BCUT2D eigenvalue weighted by molar-refractivity contribution is 5.93. The van der Waals surface area contributed by atoms with Crippen molar-refractivity contribution < 1.29 is 33.3 Å². The molecule has 1 aliphatic carbocycles. The molecule has 0 heterocycles. The van der Waals surface area contributed by atoms with Gasteiger partial charge in [0, 0.05) is 12.7 Å². The van der Waals surface area contributed by atoms with Crippen LogP contribution >= 0.6 is 0 Å². The average molecular weight is 591 g/mol. The number of benzene rings is 4. The fourth-order valence-corrected chi connectivity index (χ4v) is 4.96. The molecule has 7 heteroatoms. The molecular formula is C37H34O7. The topological polar surface area (TPSA) is 88.1 Å². The van der Waals surface area contributed by atoms with Gasteiger partial charge in [-0.2, -0.15) is 0 Å². The smallest absolute Gasteiger partial charge is 0.343 e. The number of methoxy groups -OCH3 is 1. The van der Waals surface area contributed by atoms with Crippen molar-refractivity contribution in [2.75, 3.05) is 7.11 Å². The number of carbonyl (C=O) groups is 3. The second-order valence-corrected chi connectivity index (χ2v) is 10.5. The largest absolute Gasteiger partial charge is 0.423 e. The molecule has 7 nitrogen and oxygen atoms in total. The Morgan fingerprint density at radius 3 is 1.73 bits per heavy atom. The summed E-state index contributed by atoms with van der Waals surface area (Å²) < 4.78 is 22.1. The first-order valence-corrected chi connectivity index (χ1v) is 14.7. The maximum absolute atomic E-state index is 12.8. The molecule has 0 N–H and O–H groups in total. The maximum Gasteiger partial charge on any atom is 0.343 e. The summed E-state index contributed by atoms with van der Waals surface area (Å²) >= 11 is 0. The van der Waals surface area contributed by atoms with Gasteiger partial charge in [-0.1, -0.05) is 62.6 Å². The number of fused-ring (bicyclic) bond motifs is 1. The van der Waals surface area contributed by atoms with Crippen molar-refractivity contribution in [1.82, 2.24) is 0 Å². The quantitative estimate of drug-likeness (QED) is 0.0934. The molecule has 5 rings (SSSR count). The minimum atomic E-state index is -0.592. The van der Waals surface area contributed by atoms with Crippen LogP contribution in [-0.2, 0) is 11.2 Å². The van der Waals surface area contributed by atoms with Gasteiger partial charge in [-0.15, -0.1) is 0 Å². The summed E-state index contributed by atoms with van der Waals surface area (Å²) in [7, 11) is 1.60. The van der Waals surface area contributed by atoms with Crippen molar-refractivity contribution in [3.05, 3.63) is 130 Å². The summed E-state index contributed by atoms with van der Waals surface area (Å²) in [4.78, 5) is 38.1. The highest BCUT2D eigenvalue weighted by Crippen LogP contribution is 2.37. The van der Waals surface area contributed by atoms with E-state index >= 15 is 0 Å². The summed E-state index contributed by atoms with van der Waals surface area (Å²) in [5.74, 6) is -0.592. The van der Waals surface area contributed by atoms with Crippen LogP contribution in [0.2, 0.25) is 0 Å². The summed E-state index contributed by atoms with van der Waals surface area (Å²) in [5, 5.41) is 0. The normalized spacial score (nSPS) is 13.3.